The number of unbranched alkanes of at least 4 members (excludes halogenated alkanes) is 9. The molecule has 0 aromatic rings. The van der Waals surface area contributed by atoms with Gasteiger partial charge in [-0.05, 0) is 19.3 Å². The van der Waals surface area contributed by atoms with Crippen LogP contribution < -0.4 is 0 Å². The predicted molar refractivity (Wildman–Crippen MR) is 87.7 cm³/mol. The van der Waals surface area contributed by atoms with Crippen molar-refractivity contribution in [2.24, 2.45) is 5.92 Å². The first-order valence-electron chi connectivity index (χ1n) is 8.52. The standard InChI is InChI=1S/C16H34O4S/c1-4-5-6-7-8-9-10-11-12-13-14-15(2)16(3)20-21(17,18)19/h15-16H,4-14H2,1-3H3,(H,17,18,19). The minimum Gasteiger partial charge on any atom is -0.264 e. The molecule has 0 saturated carbocycles. The molecule has 21 heavy (non-hydrogen) atoms. The van der Waals surface area contributed by atoms with E-state index in [1.807, 2.05) is 6.92 Å². The second kappa shape index (κ2) is 12.4. The van der Waals surface area contributed by atoms with Gasteiger partial charge in [0.2, 0.25) is 0 Å². The maximum Gasteiger partial charge on any atom is 0.397 e. The van der Waals surface area contributed by atoms with Crippen molar-refractivity contribution in [1.29, 1.82) is 0 Å². The van der Waals surface area contributed by atoms with Gasteiger partial charge in [0.15, 0.2) is 0 Å². The van der Waals surface area contributed by atoms with Crippen molar-refractivity contribution in [3.63, 3.8) is 0 Å². The van der Waals surface area contributed by atoms with E-state index in [2.05, 4.69) is 11.1 Å². The summed E-state index contributed by atoms with van der Waals surface area (Å²) in [4.78, 5) is 0. The van der Waals surface area contributed by atoms with Crippen LogP contribution in [0.3, 0.4) is 0 Å². The Kier molecular flexibility index (Phi) is 12.3. The van der Waals surface area contributed by atoms with E-state index in [0.717, 1.165) is 12.8 Å². The van der Waals surface area contributed by atoms with Gasteiger partial charge in [0.25, 0.3) is 0 Å². The smallest absolute Gasteiger partial charge is 0.264 e. The molecular weight excluding hydrogens is 288 g/mol. The van der Waals surface area contributed by atoms with Crippen LogP contribution in [-0.2, 0) is 14.6 Å². The van der Waals surface area contributed by atoms with E-state index < -0.39 is 16.5 Å². The van der Waals surface area contributed by atoms with Gasteiger partial charge in [0.05, 0.1) is 6.10 Å². The molecule has 0 amide bonds. The first kappa shape index (κ1) is 20.9. The molecule has 0 bridgehead atoms. The molecule has 0 fully saturated rings. The molecule has 0 aliphatic heterocycles. The van der Waals surface area contributed by atoms with Gasteiger partial charge in [-0.1, -0.05) is 78.1 Å². The third-order valence-corrected chi connectivity index (χ3v) is 4.63. The summed E-state index contributed by atoms with van der Waals surface area (Å²) in [7, 11) is -4.32. The highest BCUT2D eigenvalue weighted by Crippen LogP contribution is 2.18. The average Bonchev–Trinajstić information content (AvgIpc) is 2.38. The van der Waals surface area contributed by atoms with Gasteiger partial charge in [-0.25, -0.2) is 4.18 Å². The van der Waals surface area contributed by atoms with Crippen LogP contribution in [0.1, 0.15) is 91.4 Å². The third-order valence-electron chi connectivity index (χ3n) is 4.09. The molecule has 2 atom stereocenters. The van der Waals surface area contributed by atoms with Gasteiger partial charge in [0, 0.05) is 0 Å². The zero-order chi connectivity index (χ0) is 16.1. The van der Waals surface area contributed by atoms with E-state index in [0.29, 0.717) is 0 Å². The van der Waals surface area contributed by atoms with E-state index in [9.17, 15) is 8.42 Å². The number of hydrogen-bond donors (Lipinski definition) is 1. The molecule has 0 spiro atoms. The van der Waals surface area contributed by atoms with Gasteiger partial charge < -0.3 is 0 Å². The summed E-state index contributed by atoms with van der Waals surface area (Å²) in [5.41, 5.74) is 0. The van der Waals surface area contributed by atoms with Crippen molar-refractivity contribution in [1.82, 2.24) is 0 Å². The van der Waals surface area contributed by atoms with E-state index in [1.165, 1.54) is 57.8 Å². The van der Waals surface area contributed by atoms with Crippen molar-refractivity contribution in [3.05, 3.63) is 0 Å². The monoisotopic (exact) mass is 322 g/mol. The topological polar surface area (TPSA) is 63.6 Å². The maximum atomic E-state index is 10.6. The normalized spacial score (nSPS) is 15.0. The van der Waals surface area contributed by atoms with Crippen LogP contribution in [0.5, 0.6) is 0 Å². The van der Waals surface area contributed by atoms with Gasteiger partial charge >= 0.3 is 10.4 Å². The molecule has 4 nitrogen and oxygen atoms in total. The summed E-state index contributed by atoms with van der Waals surface area (Å²) in [6.07, 6.45) is 13.4. The minimum atomic E-state index is -4.32. The van der Waals surface area contributed by atoms with Crippen LogP contribution in [0.4, 0.5) is 0 Å². The lowest BCUT2D eigenvalue weighted by Gasteiger charge is -2.18. The average molecular weight is 323 g/mol. The fraction of sp³-hybridized carbons (Fsp3) is 1.00. The lowest BCUT2D eigenvalue weighted by molar-refractivity contribution is 0.140. The highest BCUT2D eigenvalue weighted by molar-refractivity contribution is 7.80. The van der Waals surface area contributed by atoms with Crippen LogP contribution >= 0.6 is 0 Å². The molecular formula is C16H34O4S. The molecule has 0 aliphatic carbocycles. The van der Waals surface area contributed by atoms with E-state index in [-0.39, 0.29) is 5.92 Å². The summed E-state index contributed by atoms with van der Waals surface area (Å²) in [6.45, 7) is 5.89. The molecule has 2 unspecified atom stereocenters. The molecule has 5 heteroatoms. The second-order valence-corrected chi connectivity index (χ2v) is 7.22. The summed E-state index contributed by atoms with van der Waals surface area (Å²) in [5, 5.41) is 0. The Hall–Kier alpha value is -0.130. The van der Waals surface area contributed by atoms with E-state index in [1.54, 1.807) is 6.92 Å². The zero-order valence-corrected chi connectivity index (χ0v) is 14.8. The lowest BCUT2D eigenvalue weighted by Crippen LogP contribution is -2.21. The van der Waals surface area contributed by atoms with Crippen LogP contribution in [-0.4, -0.2) is 19.1 Å². The van der Waals surface area contributed by atoms with Crippen molar-refractivity contribution in [3.8, 4) is 0 Å². The Morgan fingerprint density at radius 2 is 1.29 bits per heavy atom. The Labute approximate surface area is 131 Å². The number of hydrogen-bond acceptors (Lipinski definition) is 3. The van der Waals surface area contributed by atoms with E-state index in [4.69, 9.17) is 4.55 Å². The fourth-order valence-corrected chi connectivity index (χ4v) is 3.05. The second-order valence-electron chi connectivity index (χ2n) is 6.18. The molecule has 0 heterocycles. The van der Waals surface area contributed by atoms with Crippen LogP contribution in [0, 0.1) is 5.92 Å². The van der Waals surface area contributed by atoms with Crippen molar-refractivity contribution in [2.75, 3.05) is 0 Å². The first-order valence-corrected chi connectivity index (χ1v) is 9.89. The van der Waals surface area contributed by atoms with Crippen molar-refractivity contribution in [2.45, 2.75) is 97.5 Å². The van der Waals surface area contributed by atoms with Gasteiger partial charge in [0.1, 0.15) is 0 Å². The molecule has 1 N–H and O–H groups in total. The first-order chi connectivity index (χ1) is 9.87. The molecule has 128 valence electrons. The quantitative estimate of drug-likeness (QED) is 0.355. The summed E-state index contributed by atoms with van der Waals surface area (Å²) in [6, 6.07) is 0. The van der Waals surface area contributed by atoms with Crippen LogP contribution in [0.15, 0.2) is 0 Å². The van der Waals surface area contributed by atoms with Gasteiger partial charge in [-0.3, -0.25) is 4.55 Å². The molecule has 0 saturated heterocycles. The molecule has 0 aliphatic rings. The zero-order valence-electron chi connectivity index (χ0n) is 14.0. The molecule has 0 radical (unpaired) electrons. The predicted octanol–water partition coefficient (Wildman–Crippen LogP) is 5.14. The van der Waals surface area contributed by atoms with Gasteiger partial charge in [-0.2, -0.15) is 8.42 Å². The summed E-state index contributed by atoms with van der Waals surface area (Å²) >= 11 is 0. The Balaban J connectivity index is 3.42. The minimum absolute atomic E-state index is 0.140. The van der Waals surface area contributed by atoms with Crippen molar-refractivity contribution >= 4 is 10.4 Å². The highest BCUT2D eigenvalue weighted by Gasteiger charge is 2.18. The molecule has 0 aromatic carbocycles. The largest absolute Gasteiger partial charge is 0.397 e. The van der Waals surface area contributed by atoms with E-state index >= 15 is 0 Å². The SMILES string of the molecule is CCCCCCCCCCCCC(C)C(C)OS(=O)(=O)O. The van der Waals surface area contributed by atoms with Crippen LogP contribution in [0.25, 0.3) is 0 Å². The molecule has 0 aromatic heterocycles. The summed E-state index contributed by atoms with van der Waals surface area (Å²) in [5.74, 6) is 0.140. The number of rotatable bonds is 14. The van der Waals surface area contributed by atoms with Crippen LogP contribution in [0.2, 0.25) is 0 Å². The summed E-state index contributed by atoms with van der Waals surface area (Å²) < 4.78 is 34.4. The fourth-order valence-electron chi connectivity index (χ4n) is 2.48. The maximum absolute atomic E-state index is 10.6. The Bertz CT molecular complexity index is 327. The van der Waals surface area contributed by atoms with Gasteiger partial charge in [-0.15, -0.1) is 0 Å². The van der Waals surface area contributed by atoms with Crippen molar-refractivity contribution < 1.29 is 17.2 Å². The Morgan fingerprint density at radius 1 is 0.857 bits per heavy atom. The third kappa shape index (κ3) is 14.6. The molecule has 0 rings (SSSR count). The lowest BCUT2D eigenvalue weighted by atomic mass is 9.97. The Morgan fingerprint density at radius 3 is 1.71 bits per heavy atom. The highest BCUT2D eigenvalue weighted by atomic mass is 32.3.